The molecule has 0 fully saturated rings. The van der Waals surface area contributed by atoms with Gasteiger partial charge in [0.15, 0.2) is 0 Å². The van der Waals surface area contributed by atoms with Gasteiger partial charge in [-0.1, -0.05) is 35.9 Å². The van der Waals surface area contributed by atoms with Crippen molar-refractivity contribution in [1.82, 2.24) is 4.57 Å². The summed E-state index contributed by atoms with van der Waals surface area (Å²) in [5.74, 6) is -0.612. The zero-order valence-electron chi connectivity index (χ0n) is 11.9. The molecule has 0 aliphatic heterocycles. The zero-order valence-corrected chi connectivity index (χ0v) is 12.6. The van der Waals surface area contributed by atoms with Crippen LogP contribution in [-0.4, -0.2) is 4.57 Å². The van der Waals surface area contributed by atoms with Crippen LogP contribution in [0.1, 0.15) is 18.7 Å². The van der Waals surface area contributed by atoms with Gasteiger partial charge in [-0.05, 0) is 36.6 Å². The Morgan fingerprint density at radius 2 is 1.86 bits per heavy atom. The maximum atomic E-state index is 13.7. The third-order valence-corrected chi connectivity index (χ3v) is 3.96. The summed E-state index contributed by atoms with van der Waals surface area (Å²) >= 11 is 6.00. The standard InChI is InChI=1S/C17H14ClFN2O/c1-10(20)14-9-11-7-8-13(19)16(18)15(11)17(22)21(14)12-5-3-2-4-6-12/h2-10H,20H2,1H3/t10-/m0/s1. The van der Waals surface area contributed by atoms with E-state index in [0.717, 1.165) is 0 Å². The largest absolute Gasteiger partial charge is 0.323 e. The van der Waals surface area contributed by atoms with E-state index in [9.17, 15) is 9.18 Å². The molecule has 0 saturated heterocycles. The number of fused-ring (bicyclic) bond motifs is 1. The minimum absolute atomic E-state index is 0.162. The summed E-state index contributed by atoms with van der Waals surface area (Å²) in [6.45, 7) is 1.80. The van der Waals surface area contributed by atoms with Crippen LogP contribution in [0.4, 0.5) is 4.39 Å². The molecular formula is C17H14ClFN2O. The predicted octanol–water partition coefficient (Wildman–Crippen LogP) is 3.80. The molecule has 3 aromatic rings. The van der Waals surface area contributed by atoms with Gasteiger partial charge < -0.3 is 5.73 Å². The van der Waals surface area contributed by atoms with Crippen LogP contribution in [0.2, 0.25) is 5.02 Å². The lowest BCUT2D eigenvalue weighted by Crippen LogP contribution is -2.26. The minimum atomic E-state index is -0.612. The molecule has 0 bridgehead atoms. The van der Waals surface area contributed by atoms with Crippen molar-refractivity contribution in [3.8, 4) is 5.69 Å². The van der Waals surface area contributed by atoms with Crippen LogP contribution in [0.3, 0.4) is 0 Å². The molecule has 3 nitrogen and oxygen atoms in total. The molecule has 0 radical (unpaired) electrons. The van der Waals surface area contributed by atoms with Gasteiger partial charge in [0.05, 0.1) is 10.4 Å². The highest BCUT2D eigenvalue weighted by atomic mass is 35.5. The van der Waals surface area contributed by atoms with Crippen molar-refractivity contribution in [2.75, 3.05) is 0 Å². The molecule has 112 valence electrons. The van der Waals surface area contributed by atoms with Gasteiger partial charge in [0.2, 0.25) is 0 Å². The van der Waals surface area contributed by atoms with Crippen molar-refractivity contribution in [3.63, 3.8) is 0 Å². The summed E-state index contributed by atoms with van der Waals surface area (Å²) in [5, 5.41) is 0.578. The number of pyridine rings is 1. The normalized spacial score (nSPS) is 12.5. The molecule has 0 unspecified atom stereocenters. The van der Waals surface area contributed by atoms with E-state index in [0.29, 0.717) is 16.8 Å². The molecule has 2 N–H and O–H groups in total. The molecule has 1 heterocycles. The van der Waals surface area contributed by atoms with Crippen molar-refractivity contribution in [2.45, 2.75) is 13.0 Å². The lowest BCUT2D eigenvalue weighted by atomic mass is 10.1. The molecule has 0 aliphatic carbocycles. The average molecular weight is 317 g/mol. The molecular weight excluding hydrogens is 303 g/mol. The first-order valence-corrected chi connectivity index (χ1v) is 7.23. The predicted molar refractivity (Wildman–Crippen MR) is 87.1 cm³/mol. The van der Waals surface area contributed by atoms with E-state index in [1.807, 2.05) is 18.2 Å². The highest BCUT2D eigenvalue weighted by molar-refractivity contribution is 6.35. The number of benzene rings is 2. The summed E-state index contributed by atoms with van der Waals surface area (Å²) in [6, 6.07) is 13.3. The molecule has 1 aromatic heterocycles. The number of rotatable bonds is 2. The summed E-state index contributed by atoms with van der Waals surface area (Å²) in [6.07, 6.45) is 0. The molecule has 1 atom stereocenters. The van der Waals surface area contributed by atoms with Crippen molar-refractivity contribution >= 4 is 22.4 Å². The van der Waals surface area contributed by atoms with Crippen LogP contribution < -0.4 is 11.3 Å². The van der Waals surface area contributed by atoms with Gasteiger partial charge in [0.25, 0.3) is 5.56 Å². The van der Waals surface area contributed by atoms with E-state index >= 15 is 0 Å². The Kier molecular flexibility index (Phi) is 3.72. The number of hydrogen-bond acceptors (Lipinski definition) is 2. The SMILES string of the molecule is C[C@H](N)c1cc2ccc(F)c(Cl)c2c(=O)n1-c1ccccc1. The van der Waals surface area contributed by atoms with Crippen LogP contribution in [0.15, 0.2) is 53.3 Å². The molecule has 3 rings (SSSR count). The van der Waals surface area contributed by atoms with Crippen LogP contribution >= 0.6 is 11.6 Å². The first kappa shape index (κ1) is 14.8. The molecule has 0 aliphatic rings. The highest BCUT2D eigenvalue weighted by Gasteiger charge is 2.17. The Bertz CT molecular complexity index is 904. The Morgan fingerprint density at radius 1 is 1.18 bits per heavy atom. The van der Waals surface area contributed by atoms with E-state index in [2.05, 4.69) is 0 Å². The molecule has 0 amide bonds. The number of nitrogens with two attached hydrogens (primary N) is 1. The topological polar surface area (TPSA) is 48.0 Å². The molecule has 5 heteroatoms. The minimum Gasteiger partial charge on any atom is -0.323 e. The van der Waals surface area contributed by atoms with Gasteiger partial charge in [-0.15, -0.1) is 0 Å². The summed E-state index contributed by atoms with van der Waals surface area (Å²) in [5.41, 5.74) is 6.95. The van der Waals surface area contributed by atoms with E-state index in [1.165, 1.54) is 10.6 Å². The van der Waals surface area contributed by atoms with Gasteiger partial charge in [-0.25, -0.2) is 4.39 Å². The third kappa shape index (κ3) is 2.30. The van der Waals surface area contributed by atoms with Crippen LogP contribution in [0, 0.1) is 5.82 Å². The summed E-state index contributed by atoms with van der Waals surface area (Å²) in [4.78, 5) is 12.9. The van der Waals surface area contributed by atoms with E-state index in [1.54, 1.807) is 31.2 Å². The smallest absolute Gasteiger partial charge is 0.264 e. The first-order chi connectivity index (χ1) is 10.5. The fourth-order valence-corrected chi connectivity index (χ4v) is 2.79. The number of hydrogen-bond donors (Lipinski definition) is 1. The van der Waals surface area contributed by atoms with E-state index in [4.69, 9.17) is 17.3 Å². The van der Waals surface area contributed by atoms with Gasteiger partial charge in [-0.2, -0.15) is 0 Å². The molecule has 0 saturated carbocycles. The van der Waals surface area contributed by atoms with Crippen molar-refractivity contribution in [1.29, 1.82) is 0 Å². The zero-order chi connectivity index (χ0) is 15.9. The Labute approximate surface area is 131 Å². The fourth-order valence-electron chi connectivity index (χ4n) is 2.53. The third-order valence-electron chi connectivity index (χ3n) is 3.59. The number of halogens is 2. The second-order valence-corrected chi connectivity index (χ2v) is 5.54. The van der Waals surface area contributed by atoms with Gasteiger partial charge in [0.1, 0.15) is 5.82 Å². The van der Waals surface area contributed by atoms with Crippen molar-refractivity contribution in [2.24, 2.45) is 5.73 Å². The summed E-state index contributed by atoms with van der Waals surface area (Å²) in [7, 11) is 0. The van der Waals surface area contributed by atoms with Crippen molar-refractivity contribution in [3.05, 3.63) is 75.4 Å². The average Bonchev–Trinajstić information content (AvgIpc) is 2.51. The quantitative estimate of drug-likeness (QED) is 0.781. The number of nitrogens with zero attached hydrogens (tertiary/aromatic N) is 1. The first-order valence-electron chi connectivity index (χ1n) is 6.85. The van der Waals surface area contributed by atoms with Crippen LogP contribution in [0.5, 0.6) is 0 Å². The van der Waals surface area contributed by atoms with Crippen LogP contribution in [-0.2, 0) is 0 Å². The Hall–Kier alpha value is -2.17. The Balaban J connectivity index is 2.49. The highest BCUT2D eigenvalue weighted by Crippen LogP contribution is 2.26. The second-order valence-electron chi connectivity index (χ2n) is 5.16. The fraction of sp³-hybridized carbons (Fsp3) is 0.118. The van der Waals surface area contributed by atoms with Gasteiger partial charge in [-0.3, -0.25) is 9.36 Å². The lowest BCUT2D eigenvalue weighted by Gasteiger charge is -2.17. The van der Waals surface area contributed by atoms with Crippen molar-refractivity contribution < 1.29 is 4.39 Å². The van der Waals surface area contributed by atoms with Crippen LogP contribution in [0.25, 0.3) is 16.5 Å². The molecule has 2 aromatic carbocycles. The molecule has 0 spiro atoms. The van der Waals surface area contributed by atoms with Gasteiger partial charge in [0, 0.05) is 17.4 Å². The monoisotopic (exact) mass is 316 g/mol. The lowest BCUT2D eigenvalue weighted by molar-refractivity contribution is 0.629. The van der Waals surface area contributed by atoms with E-state index in [-0.39, 0.29) is 22.0 Å². The number of para-hydroxylation sites is 1. The Morgan fingerprint density at radius 3 is 2.50 bits per heavy atom. The number of aromatic nitrogens is 1. The maximum absolute atomic E-state index is 13.7. The maximum Gasteiger partial charge on any atom is 0.264 e. The molecule has 22 heavy (non-hydrogen) atoms. The second kappa shape index (κ2) is 5.55. The summed E-state index contributed by atoms with van der Waals surface area (Å²) < 4.78 is 15.2. The van der Waals surface area contributed by atoms with E-state index < -0.39 is 5.82 Å². The van der Waals surface area contributed by atoms with Gasteiger partial charge >= 0.3 is 0 Å².